The average Bonchev–Trinajstić information content (AvgIpc) is 3.03. The summed E-state index contributed by atoms with van der Waals surface area (Å²) < 4.78 is 39.7. The second kappa shape index (κ2) is 6.23. The van der Waals surface area contributed by atoms with Crippen LogP contribution in [0.5, 0.6) is 0 Å². The zero-order valence-corrected chi connectivity index (χ0v) is 15.1. The van der Waals surface area contributed by atoms with Crippen molar-refractivity contribution in [2.24, 2.45) is 11.7 Å². The maximum atomic E-state index is 13.2. The summed E-state index contributed by atoms with van der Waals surface area (Å²) in [6.07, 6.45) is 1.73. The van der Waals surface area contributed by atoms with Crippen molar-refractivity contribution in [2.75, 3.05) is 0 Å². The van der Waals surface area contributed by atoms with Crippen molar-refractivity contribution in [3.05, 3.63) is 34.7 Å². The maximum absolute atomic E-state index is 13.2. The topological polar surface area (TPSA) is 55.1 Å². The van der Waals surface area contributed by atoms with Crippen LogP contribution >= 0.6 is 11.3 Å². The van der Waals surface area contributed by atoms with E-state index in [2.05, 4.69) is 5.32 Å². The van der Waals surface area contributed by atoms with Gasteiger partial charge in [-0.15, -0.1) is 11.3 Å². The number of halogens is 3. The van der Waals surface area contributed by atoms with Crippen LogP contribution in [-0.2, 0) is 6.18 Å². The molecule has 2 saturated carbocycles. The summed E-state index contributed by atoms with van der Waals surface area (Å²) in [5, 5.41) is 3.51. The predicted octanol–water partition coefficient (Wildman–Crippen LogP) is 4.70. The Hall–Kier alpha value is -1.60. The first kappa shape index (κ1) is 17.8. The van der Waals surface area contributed by atoms with Gasteiger partial charge in [-0.1, -0.05) is 25.0 Å². The third kappa shape index (κ3) is 3.22. The Morgan fingerprint density at radius 2 is 1.96 bits per heavy atom. The number of hydrogen-bond acceptors (Lipinski definition) is 3. The van der Waals surface area contributed by atoms with Gasteiger partial charge in [0.2, 0.25) is 0 Å². The van der Waals surface area contributed by atoms with Gasteiger partial charge in [-0.3, -0.25) is 4.79 Å². The highest BCUT2D eigenvalue weighted by molar-refractivity contribution is 7.21. The molecule has 2 aliphatic carbocycles. The van der Waals surface area contributed by atoms with Crippen LogP contribution in [0.1, 0.15) is 53.8 Å². The van der Waals surface area contributed by atoms with E-state index in [4.69, 9.17) is 5.73 Å². The van der Waals surface area contributed by atoms with Crippen LogP contribution in [0.25, 0.3) is 10.1 Å². The van der Waals surface area contributed by atoms with E-state index in [1.54, 1.807) is 12.1 Å². The molecular formula is C19H21F3N2OS. The first-order valence-electron chi connectivity index (χ1n) is 8.97. The number of alkyl halides is 3. The van der Waals surface area contributed by atoms with Gasteiger partial charge in [-0.2, -0.15) is 13.2 Å². The number of carbonyl (C=O) groups is 1. The molecule has 1 aromatic heterocycles. The highest BCUT2D eigenvalue weighted by Gasteiger charge is 2.50. The number of fused-ring (bicyclic) bond motifs is 1. The van der Waals surface area contributed by atoms with Crippen molar-refractivity contribution < 1.29 is 18.0 Å². The minimum Gasteiger partial charge on any atom is -0.346 e. The number of nitrogens with two attached hydrogens (primary N) is 1. The van der Waals surface area contributed by atoms with Crippen LogP contribution in [0.3, 0.4) is 0 Å². The fraction of sp³-hybridized carbons (Fsp3) is 0.526. The summed E-state index contributed by atoms with van der Waals surface area (Å²) in [4.78, 5) is 13.1. The Balaban J connectivity index is 1.61. The molecule has 2 aliphatic rings. The van der Waals surface area contributed by atoms with E-state index in [9.17, 15) is 18.0 Å². The van der Waals surface area contributed by atoms with Gasteiger partial charge in [-0.25, -0.2) is 0 Å². The second-order valence-corrected chi connectivity index (χ2v) is 8.61. The Labute approximate surface area is 153 Å². The quantitative estimate of drug-likeness (QED) is 0.805. The molecule has 1 heterocycles. The number of nitrogens with one attached hydrogen (secondary N) is 1. The van der Waals surface area contributed by atoms with Crippen LogP contribution in [0.2, 0.25) is 0 Å². The Kier molecular flexibility index (Phi) is 4.27. The molecule has 0 radical (unpaired) electrons. The van der Waals surface area contributed by atoms with Crippen molar-refractivity contribution >= 4 is 27.3 Å². The highest BCUT2D eigenvalue weighted by Crippen LogP contribution is 2.43. The van der Waals surface area contributed by atoms with Gasteiger partial charge in [-0.05, 0) is 49.1 Å². The van der Waals surface area contributed by atoms with Crippen LogP contribution in [0.15, 0.2) is 24.3 Å². The molecule has 26 heavy (non-hydrogen) atoms. The molecule has 0 bridgehead atoms. The summed E-state index contributed by atoms with van der Waals surface area (Å²) in [7, 11) is 0. The number of benzene rings is 1. The van der Waals surface area contributed by atoms with Gasteiger partial charge in [0.25, 0.3) is 5.91 Å². The third-order valence-electron chi connectivity index (χ3n) is 5.68. The van der Waals surface area contributed by atoms with Gasteiger partial charge in [0.1, 0.15) is 0 Å². The lowest BCUT2D eigenvalue weighted by molar-refractivity contribution is -0.136. The van der Waals surface area contributed by atoms with Crippen molar-refractivity contribution in [1.29, 1.82) is 0 Å². The minimum atomic E-state index is -4.43. The van der Waals surface area contributed by atoms with E-state index < -0.39 is 11.7 Å². The summed E-state index contributed by atoms with van der Waals surface area (Å²) >= 11 is 0.902. The van der Waals surface area contributed by atoms with E-state index in [1.807, 2.05) is 0 Å². The third-order valence-corrected chi connectivity index (χ3v) is 6.86. The molecule has 3 N–H and O–H groups in total. The monoisotopic (exact) mass is 382 g/mol. The van der Waals surface area contributed by atoms with Gasteiger partial charge >= 0.3 is 6.18 Å². The summed E-state index contributed by atoms with van der Waals surface area (Å²) in [6.45, 7) is 0. The molecule has 0 aliphatic heterocycles. The van der Waals surface area contributed by atoms with Gasteiger partial charge in [0.05, 0.1) is 10.4 Å². The van der Waals surface area contributed by atoms with E-state index in [0.717, 1.165) is 55.9 Å². The zero-order valence-electron chi connectivity index (χ0n) is 14.2. The Bertz CT molecular complexity index is 835. The summed E-state index contributed by atoms with van der Waals surface area (Å²) in [6, 6.07) is 5.50. The van der Waals surface area contributed by atoms with E-state index in [-0.39, 0.29) is 22.2 Å². The lowest BCUT2D eigenvalue weighted by atomic mass is 9.90. The summed E-state index contributed by atoms with van der Waals surface area (Å²) in [5.41, 5.74) is 5.35. The number of thiophene rings is 1. The molecule has 2 fully saturated rings. The normalized spacial score (nSPS) is 21.1. The maximum Gasteiger partial charge on any atom is 0.417 e. The van der Waals surface area contributed by atoms with Crippen LogP contribution in [-0.4, -0.2) is 17.5 Å². The molecule has 7 heteroatoms. The number of carbonyl (C=O) groups excluding carboxylic acids is 1. The summed E-state index contributed by atoms with van der Waals surface area (Å²) in [5.74, 6) is 0.0551. The molecule has 1 atom stereocenters. The van der Waals surface area contributed by atoms with Crippen LogP contribution in [0, 0.1) is 5.92 Å². The van der Waals surface area contributed by atoms with E-state index >= 15 is 0 Å². The molecule has 140 valence electrons. The van der Waals surface area contributed by atoms with Gasteiger partial charge < -0.3 is 11.1 Å². The van der Waals surface area contributed by atoms with E-state index in [1.165, 1.54) is 6.07 Å². The van der Waals surface area contributed by atoms with Crippen molar-refractivity contribution in [1.82, 2.24) is 5.32 Å². The zero-order chi connectivity index (χ0) is 18.5. The predicted molar refractivity (Wildman–Crippen MR) is 96.2 cm³/mol. The molecule has 1 amide bonds. The fourth-order valence-corrected chi connectivity index (χ4v) is 5.18. The number of amides is 1. The number of hydrogen-bond donors (Lipinski definition) is 2. The smallest absolute Gasteiger partial charge is 0.346 e. The highest BCUT2D eigenvalue weighted by atomic mass is 32.1. The minimum absolute atomic E-state index is 0.0928. The van der Waals surface area contributed by atoms with Crippen molar-refractivity contribution in [3.8, 4) is 0 Å². The molecule has 0 spiro atoms. The second-order valence-electron chi connectivity index (χ2n) is 7.56. The molecule has 1 aromatic carbocycles. The lowest BCUT2D eigenvalue weighted by Crippen LogP contribution is -2.53. The Morgan fingerprint density at radius 3 is 2.58 bits per heavy atom. The van der Waals surface area contributed by atoms with Crippen LogP contribution in [0.4, 0.5) is 13.2 Å². The number of rotatable bonds is 4. The van der Waals surface area contributed by atoms with Gasteiger partial charge in [0, 0.05) is 16.3 Å². The average molecular weight is 382 g/mol. The fourth-order valence-electron chi connectivity index (χ4n) is 4.09. The first-order chi connectivity index (χ1) is 12.3. The molecule has 1 unspecified atom stereocenters. The van der Waals surface area contributed by atoms with Gasteiger partial charge in [0.15, 0.2) is 0 Å². The molecule has 4 rings (SSSR count). The molecule has 2 aromatic rings. The lowest BCUT2D eigenvalue weighted by Gasteiger charge is -2.30. The molecule has 3 nitrogen and oxygen atoms in total. The molecular weight excluding hydrogens is 361 g/mol. The SMILES string of the molecule is NC1(C(NC(=O)c2cc3cccc(C(F)(F)F)c3s2)C2CCCC2)CC1. The standard InChI is InChI=1S/C19H21F3N2OS/c20-19(21,22)13-7-3-6-12-10-14(26-15(12)13)17(25)24-16(18(23)8-9-18)11-4-1-2-5-11/h3,6-7,10-11,16H,1-2,4-5,8-9,23H2,(H,24,25). The first-order valence-corrected chi connectivity index (χ1v) is 9.79. The van der Waals surface area contributed by atoms with E-state index in [0.29, 0.717) is 16.2 Å². The largest absolute Gasteiger partial charge is 0.417 e. The van der Waals surface area contributed by atoms with Crippen molar-refractivity contribution in [2.45, 2.75) is 56.3 Å². The van der Waals surface area contributed by atoms with Crippen LogP contribution < -0.4 is 11.1 Å². The molecule has 0 saturated heterocycles. The Morgan fingerprint density at radius 1 is 1.27 bits per heavy atom. The van der Waals surface area contributed by atoms with Crippen molar-refractivity contribution in [3.63, 3.8) is 0 Å².